The highest BCUT2D eigenvalue weighted by Crippen LogP contribution is 2.36. The molecule has 5 atom stereocenters. The first-order valence-corrected chi connectivity index (χ1v) is 3.92. The Bertz CT molecular complexity index is 243. The Hall–Kier alpha value is -0.360. The van der Waals surface area contributed by atoms with E-state index in [1.54, 1.807) is 0 Å². The summed E-state index contributed by atoms with van der Waals surface area (Å²) in [6, 6.07) is 0. The van der Waals surface area contributed by atoms with Gasteiger partial charge in [0, 0.05) is 0 Å². The molecule has 1 rings (SSSR count). The predicted molar refractivity (Wildman–Crippen MR) is 39.9 cm³/mol. The van der Waals surface area contributed by atoms with Crippen LogP contribution in [-0.2, 0) is 4.89 Å². The molecule has 0 aliphatic heterocycles. The van der Waals surface area contributed by atoms with Crippen LogP contribution in [0.4, 0.5) is 0 Å². The van der Waals surface area contributed by atoms with Crippen LogP contribution in [0.5, 0.6) is 0 Å². The van der Waals surface area contributed by atoms with E-state index in [1.165, 1.54) is 0 Å². The quantitative estimate of drug-likeness (QED) is 0.125. The summed E-state index contributed by atoms with van der Waals surface area (Å²) in [6.07, 6.45) is -9.15. The molecule has 0 aromatic carbocycles. The van der Waals surface area contributed by atoms with Crippen LogP contribution < -0.4 is 0 Å². The smallest absolute Gasteiger partial charge is 0.284 e. The molecule has 0 amide bonds. The number of aliphatic hydroxyl groups excluding tert-OH is 4. The fraction of sp³-hybridized carbons (Fsp3) is 1.00. The molecule has 15 heavy (non-hydrogen) atoms. The summed E-state index contributed by atoms with van der Waals surface area (Å²) in [7, 11) is 0. The summed E-state index contributed by atoms with van der Waals surface area (Å²) in [4.78, 5) is 3.27. The molecule has 0 saturated heterocycles. The second-order valence-electron chi connectivity index (χ2n) is 3.38. The molecule has 9 nitrogen and oxygen atoms in total. The van der Waals surface area contributed by atoms with Crippen LogP contribution in [0.15, 0.2) is 0 Å². The van der Waals surface area contributed by atoms with E-state index < -0.39 is 36.0 Å². The third kappa shape index (κ3) is 1.45. The van der Waals surface area contributed by atoms with Gasteiger partial charge in [0.05, 0.1) is 0 Å². The van der Waals surface area contributed by atoms with E-state index in [-0.39, 0.29) is 0 Å². The molecule has 0 unspecified atom stereocenters. The molecule has 9 heteroatoms. The molecule has 1 fully saturated rings. The Morgan fingerprint density at radius 2 is 1.20 bits per heavy atom. The molecule has 1 saturated carbocycles. The summed E-state index contributed by atoms with van der Waals surface area (Å²) in [6.45, 7) is 0. The van der Waals surface area contributed by atoms with Gasteiger partial charge in [-0.05, 0) is 0 Å². The van der Waals surface area contributed by atoms with E-state index in [0.717, 1.165) is 0 Å². The van der Waals surface area contributed by atoms with Crippen molar-refractivity contribution >= 4 is 0 Å². The zero-order valence-corrected chi connectivity index (χ0v) is 7.30. The van der Waals surface area contributed by atoms with Crippen LogP contribution in [-0.4, -0.2) is 77.0 Å². The summed E-state index contributed by atoms with van der Waals surface area (Å²) in [5.74, 6) is -7.00. The van der Waals surface area contributed by atoms with Crippen molar-refractivity contribution in [1.82, 2.24) is 0 Å². The fourth-order valence-corrected chi connectivity index (χ4v) is 1.39. The number of aliphatic hydroxyl groups is 7. The minimum Gasteiger partial charge on any atom is -0.387 e. The van der Waals surface area contributed by atoms with Crippen molar-refractivity contribution in [3.8, 4) is 0 Å². The minimum atomic E-state index is -3.56. The monoisotopic (exact) mass is 228 g/mol. The van der Waals surface area contributed by atoms with E-state index in [0.29, 0.717) is 0 Å². The van der Waals surface area contributed by atoms with Crippen molar-refractivity contribution in [3.63, 3.8) is 0 Å². The zero-order chi connectivity index (χ0) is 12.0. The van der Waals surface area contributed by atoms with Crippen molar-refractivity contribution in [2.75, 3.05) is 0 Å². The Labute approximate surface area is 83.0 Å². The van der Waals surface area contributed by atoms with Gasteiger partial charge in [0.15, 0.2) is 0 Å². The van der Waals surface area contributed by atoms with Crippen LogP contribution in [0.3, 0.4) is 0 Å². The minimum absolute atomic E-state index is 2.13. The fourth-order valence-electron chi connectivity index (χ4n) is 1.39. The Morgan fingerprint density at radius 1 is 0.800 bits per heavy atom. The lowest BCUT2D eigenvalue weighted by molar-refractivity contribution is -0.521. The summed E-state index contributed by atoms with van der Waals surface area (Å²) in [5, 5.41) is 72.2. The first-order chi connectivity index (χ1) is 6.70. The Morgan fingerprint density at radius 3 is 1.60 bits per heavy atom. The highest BCUT2D eigenvalue weighted by molar-refractivity contribution is 5.07. The average Bonchev–Trinajstić information content (AvgIpc) is 2.21. The van der Waals surface area contributed by atoms with Crippen LogP contribution in [0, 0.1) is 0 Å². The van der Waals surface area contributed by atoms with Crippen LogP contribution in [0.25, 0.3) is 0 Å². The van der Waals surface area contributed by atoms with E-state index in [9.17, 15) is 5.11 Å². The third-order valence-corrected chi connectivity index (χ3v) is 2.48. The van der Waals surface area contributed by atoms with Gasteiger partial charge in [0.25, 0.3) is 11.6 Å². The zero-order valence-electron chi connectivity index (χ0n) is 7.30. The topological polar surface area (TPSA) is 171 Å². The highest BCUT2D eigenvalue weighted by Gasteiger charge is 2.68. The summed E-state index contributed by atoms with van der Waals surface area (Å²) < 4.78 is 0. The van der Waals surface area contributed by atoms with Gasteiger partial charge in [-0.3, -0.25) is 0 Å². The van der Waals surface area contributed by atoms with Gasteiger partial charge in [0.1, 0.15) is 24.4 Å². The van der Waals surface area contributed by atoms with Crippen molar-refractivity contribution in [1.29, 1.82) is 0 Å². The average molecular weight is 228 g/mol. The predicted octanol–water partition coefficient (Wildman–Crippen LogP) is -4.70. The Kier molecular flexibility index (Phi) is 3.04. The van der Waals surface area contributed by atoms with E-state index in [1.807, 2.05) is 0 Å². The van der Waals surface area contributed by atoms with Gasteiger partial charge in [-0.2, -0.15) is 4.89 Å². The lowest BCUT2D eigenvalue weighted by Crippen LogP contribution is -2.78. The second kappa shape index (κ2) is 3.59. The maximum atomic E-state index is 9.28. The normalized spacial score (nSPS) is 50.4. The highest BCUT2D eigenvalue weighted by atomic mass is 17.1. The number of hydrogen-bond acceptors (Lipinski definition) is 9. The van der Waals surface area contributed by atoms with Crippen molar-refractivity contribution in [3.05, 3.63) is 0 Å². The number of rotatable bonds is 1. The van der Waals surface area contributed by atoms with E-state index >= 15 is 0 Å². The lowest BCUT2D eigenvalue weighted by Gasteiger charge is -2.49. The first kappa shape index (κ1) is 12.7. The lowest BCUT2D eigenvalue weighted by atomic mass is 9.79. The van der Waals surface area contributed by atoms with Gasteiger partial charge in [-0.25, -0.2) is 5.26 Å². The van der Waals surface area contributed by atoms with Gasteiger partial charge in [0.2, 0.25) is 0 Å². The van der Waals surface area contributed by atoms with Gasteiger partial charge in [-0.1, -0.05) is 0 Å². The standard InChI is InChI=1S/C6H12O9/c7-1-2(8)4(10)6(13,15-14)5(11,12)3(1)9/h1-4,7-14H/t1-,2-,3+,4+,6-/m1/s1. The maximum Gasteiger partial charge on any atom is 0.284 e. The van der Waals surface area contributed by atoms with Crippen molar-refractivity contribution in [2.24, 2.45) is 0 Å². The van der Waals surface area contributed by atoms with Crippen LogP contribution in [0.2, 0.25) is 0 Å². The SMILES string of the molecule is OO[C@]1(O)[C@@H](O)[C@H](O)[C@@H](O)[C@H](O)C1(O)O. The molecule has 0 aromatic rings. The van der Waals surface area contributed by atoms with Crippen molar-refractivity contribution < 1.29 is 45.9 Å². The van der Waals surface area contributed by atoms with Gasteiger partial charge >= 0.3 is 0 Å². The molecule has 1 aliphatic rings. The van der Waals surface area contributed by atoms with Crippen LogP contribution >= 0.6 is 0 Å². The molecule has 0 heterocycles. The molecule has 0 radical (unpaired) electrons. The maximum absolute atomic E-state index is 9.28. The van der Waals surface area contributed by atoms with E-state index in [2.05, 4.69) is 4.89 Å². The summed E-state index contributed by atoms with van der Waals surface area (Å²) >= 11 is 0. The molecule has 8 N–H and O–H groups in total. The van der Waals surface area contributed by atoms with Crippen molar-refractivity contribution in [2.45, 2.75) is 36.0 Å². The van der Waals surface area contributed by atoms with E-state index in [4.69, 9.17) is 35.9 Å². The van der Waals surface area contributed by atoms with Crippen LogP contribution in [0.1, 0.15) is 0 Å². The largest absolute Gasteiger partial charge is 0.387 e. The second-order valence-corrected chi connectivity index (χ2v) is 3.38. The Balaban J connectivity index is 3.16. The summed E-state index contributed by atoms with van der Waals surface area (Å²) in [5.41, 5.74) is 0. The molecule has 0 spiro atoms. The van der Waals surface area contributed by atoms with Gasteiger partial charge < -0.3 is 35.7 Å². The molecular weight excluding hydrogens is 216 g/mol. The molecular formula is C6H12O9. The molecule has 0 aromatic heterocycles. The molecule has 1 aliphatic carbocycles. The molecule has 90 valence electrons. The third-order valence-electron chi connectivity index (χ3n) is 2.48. The first-order valence-electron chi connectivity index (χ1n) is 3.92. The van der Waals surface area contributed by atoms with Gasteiger partial charge in [-0.15, -0.1) is 0 Å². The molecule has 0 bridgehead atoms. The number of hydrogen-bond donors (Lipinski definition) is 8.